The van der Waals surface area contributed by atoms with Crippen molar-refractivity contribution in [3.8, 4) is 0 Å². The van der Waals surface area contributed by atoms with Gasteiger partial charge in [-0.1, -0.05) is 49.5 Å². The van der Waals surface area contributed by atoms with Gasteiger partial charge in [-0.25, -0.2) is 22.9 Å². The number of amides is 2. The van der Waals surface area contributed by atoms with Gasteiger partial charge in [-0.3, -0.25) is 0 Å². The molecule has 1 atom stereocenters. The molecule has 0 aliphatic heterocycles. The normalized spacial score (nSPS) is 13.0. The summed E-state index contributed by atoms with van der Waals surface area (Å²) in [5, 5.41) is 5.33. The molecule has 9 heteroatoms. The van der Waals surface area contributed by atoms with E-state index in [0.29, 0.717) is 38.1 Å². The number of hydrogen-bond donors (Lipinski definition) is 1. The minimum absolute atomic E-state index is 0.209. The van der Waals surface area contributed by atoms with Crippen molar-refractivity contribution in [3.63, 3.8) is 0 Å². The monoisotopic (exact) mass is 454 g/mol. The maximum absolute atomic E-state index is 12.6. The van der Waals surface area contributed by atoms with E-state index in [4.69, 9.17) is 12.2 Å². The summed E-state index contributed by atoms with van der Waals surface area (Å²) < 4.78 is 27.9. The van der Waals surface area contributed by atoms with E-state index in [1.165, 1.54) is 12.1 Å². The highest BCUT2D eigenvalue weighted by molar-refractivity contribution is 7.90. The highest BCUT2D eigenvalue weighted by Gasteiger charge is 2.20. The van der Waals surface area contributed by atoms with Crippen LogP contribution in [-0.4, -0.2) is 66.9 Å². The Morgan fingerprint density at radius 1 is 1.17 bits per heavy atom. The van der Waals surface area contributed by atoms with Crippen LogP contribution >= 0.6 is 12.2 Å². The number of thiocarbonyl (C=S) groups is 1. The van der Waals surface area contributed by atoms with E-state index < -0.39 is 10.0 Å². The summed E-state index contributed by atoms with van der Waals surface area (Å²) in [6.07, 6.45) is 1.92. The predicted octanol–water partition coefficient (Wildman–Crippen LogP) is 3.65. The summed E-state index contributed by atoms with van der Waals surface area (Å²) in [7, 11) is -2.05. The van der Waals surface area contributed by atoms with E-state index >= 15 is 0 Å². The van der Waals surface area contributed by atoms with E-state index in [-0.39, 0.29) is 17.8 Å². The van der Waals surface area contributed by atoms with Gasteiger partial charge >= 0.3 is 6.03 Å². The van der Waals surface area contributed by atoms with Gasteiger partial charge in [0.1, 0.15) is 5.75 Å². The molecule has 168 valence electrons. The average molecular weight is 455 g/mol. The lowest BCUT2D eigenvalue weighted by Gasteiger charge is -2.23. The maximum Gasteiger partial charge on any atom is 0.340 e. The second-order valence-corrected chi connectivity index (χ2v) is 9.37. The number of sulfonamides is 1. The highest BCUT2D eigenvalue weighted by Crippen LogP contribution is 2.11. The molecule has 0 aliphatic rings. The molecule has 1 aromatic rings. The number of nitrogens with zero attached hydrogens (tertiary/aromatic N) is 3. The molecule has 0 radical (unpaired) electrons. The predicted molar refractivity (Wildman–Crippen MR) is 128 cm³/mol. The van der Waals surface area contributed by atoms with Crippen molar-refractivity contribution >= 4 is 38.8 Å². The molecule has 1 unspecified atom stereocenters. The highest BCUT2D eigenvalue weighted by atomic mass is 32.2. The number of carbonyl (C=O) groups is 1. The molecule has 7 nitrogen and oxygen atoms in total. The summed E-state index contributed by atoms with van der Waals surface area (Å²) in [6.45, 7) is 8.45. The van der Waals surface area contributed by atoms with Gasteiger partial charge in [0.25, 0.3) is 0 Å². The molecule has 0 fully saturated rings. The summed E-state index contributed by atoms with van der Waals surface area (Å²) >= 11 is 5.47. The molecule has 1 N–H and O–H groups in total. The topological polar surface area (TPSA) is 82.1 Å². The molecule has 1 aromatic carbocycles. The van der Waals surface area contributed by atoms with Crippen molar-refractivity contribution in [2.45, 2.75) is 53.0 Å². The van der Waals surface area contributed by atoms with E-state index in [1.807, 2.05) is 51.1 Å². The lowest BCUT2D eigenvalue weighted by Crippen LogP contribution is -2.40. The zero-order valence-electron chi connectivity index (χ0n) is 18.6. The van der Waals surface area contributed by atoms with Crippen molar-refractivity contribution in [2.75, 3.05) is 25.9 Å². The van der Waals surface area contributed by atoms with Crippen molar-refractivity contribution < 1.29 is 13.2 Å². The number of hydrazone groups is 1. The largest absolute Gasteiger partial charge is 0.340 e. The number of hydrogen-bond acceptors (Lipinski definition) is 5. The van der Waals surface area contributed by atoms with Crippen LogP contribution in [0.3, 0.4) is 0 Å². The fraction of sp³-hybridized carbons (Fsp3) is 0.571. The first-order valence-electron chi connectivity index (χ1n) is 10.3. The lowest BCUT2D eigenvalue weighted by atomic mass is 10.0. The Hall–Kier alpha value is -1.84. The molecule has 0 saturated heterocycles. The Labute approximate surface area is 186 Å². The third-order valence-electron chi connectivity index (χ3n) is 4.69. The second kappa shape index (κ2) is 12.8. The average Bonchev–Trinajstić information content (AvgIpc) is 2.71. The quantitative estimate of drug-likeness (QED) is 0.226. The molecular formula is C21H34N4O3S2. The Morgan fingerprint density at radius 3 is 2.30 bits per heavy atom. The molecule has 30 heavy (non-hydrogen) atoms. The molecule has 0 heterocycles. The Kier molecular flexibility index (Phi) is 11.1. The van der Waals surface area contributed by atoms with Gasteiger partial charge in [0.15, 0.2) is 0 Å². The standard InChI is InChI=1S/C21H34N4O3S2/c1-6-19(14-15-20(29)18-12-10-9-11-13-18)23-30(27,28)16-17(4)22-24(5)21(26)25(7-2)8-3/h9-13,19,23H,6-8,14-16H2,1-5H3/b22-17-. The SMILES string of the molecule is CCC(CCC(=S)c1ccccc1)NS(=O)(=O)C/C(C)=N\N(C)C(=O)N(CC)CC. The van der Waals surface area contributed by atoms with Gasteiger partial charge in [-0.05, 0) is 45.6 Å². The van der Waals surface area contributed by atoms with Crippen molar-refractivity contribution in [1.82, 2.24) is 14.6 Å². The number of nitrogens with one attached hydrogen (secondary N) is 1. The zero-order chi connectivity index (χ0) is 22.7. The first kappa shape index (κ1) is 26.2. The third-order valence-corrected chi connectivity index (χ3v) is 6.62. The molecule has 0 spiro atoms. The smallest absolute Gasteiger partial charge is 0.324 e. The molecule has 0 bridgehead atoms. The van der Waals surface area contributed by atoms with Crippen LogP contribution in [0.1, 0.15) is 52.5 Å². The van der Waals surface area contributed by atoms with Crippen molar-refractivity contribution in [1.29, 1.82) is 0 Å². The van der Waals surface area contributed by atoms with Crippen LogP contribution in [0.25, 0.3) is 0 Å². The number of carbonyl (C=O) groups excluding carboxylic acids is 1. The third kappa shape index (κ3) is 8.89. The fourth-order valence-electron chi connectivity index (χ4n) is 3.02. The van der Waals surface area contributed by atoms with E-state index in [0.717, 1.165) is 10.4 Å². The number of urea groups is 1. The first-order valence-corrected chi connectivity index (χ1v) is 12.3. The van der Waals surface area contributed by atoms with Crippen LogP contribution in [0.15, 0.2) is 35.4 Å². The maximum atomic E-state index is 12.6. The van der Waals surface area contributed by atoms with E-state index in [9.17, 15) is 13.2 Å². The van der Waals surface area contributed by atoms with Crippen LogP contribution in [0, 0.1) is 0 Å². The summed E-state index contributed by atoms with van der Waals surface area (Å²) in [6, 6.07) is 9.26. The van der Waals surface area contributed by atoms with Crippen molar-refractivity contribution in [2.24, 2.45) is 5.10 Å². The van der Waals surface area contributed by atoms with Gasteiger partial charge in [-0.2, -0.15) is 5.10 Å². The molecule has 1 rings (SSSR count). The summed E-state index contributed by atoms with van der Waals surface area (Å²) in [5.41, 5.74) is 1.34. The van der Waals surface area contributed by atoms with Crippen LogP contribution in [-0.2, 0) is 10.0 Å². The number of rotatable bonds is 12. The van der Waals surface area contributed by atoms with Crippen LogP contribution in [0.4, 0.5) is 4.79 Å². The van der Waals surface area contributed by atoms with Gasteiger partial charge in [-0.15, -0.1) is 0 Å². The van der Waals surface area contributed by atoms with Crippen LogP contribution in [0.2, 0.25) is 0 Å². The first-order chi connectivity index (χ1) is 14.1. The molecule has 0 saturated carbocycles. The Morgan fingerprint density at radius 2 is 1.77 bits per heavy atom. The van der Waals surface area contributed by atoms with Gasteiger partial charge in [0.2, 0.25) is 10.0 Å². The summed E-state index contributed by atoms with van der Waals surface area (Å²) in [4.78, 5) is 14.7. The zero-order valence-corrected chi connectivity index (χ0v) is 20.2. The van der Waals surface area contributed by atoms with E-state index in [2.05, 4.69) is 9.82 Å². The second-order valence-electron chi connectivity index (χ2n) is 7.12. The summed E-state index contributed by atoms with van der Waals surface area (Å²) in [5.74, 6) is -0.261. The molecule has 0 aliphatic carbocycles. The molecule has 0 aromatic heterocycles. The Bertz CT molecular complexity index is 822. The Balaban J connectivity index is 2.66. The minimum Gasteiger partial charge on any atom is -0.324 e. The number of benzene rings is 1. The fourth-order valence-corrected chi connectivity index (χ4v) is 4.75. The van der Waals surface area contributed by atoms with Crippen molar-refractivity contribution in [3.05, 3.63) is 35.9 Å². The minimum atomic E-state index is -3.58. The molecule has 2 amide bonds. The van der Waals surface area contributed by atoms with Gasteiger partial charge in [0, 0.05) is 31.0 Å². The van der Waals surface area contributed by atoms with Gasteiger partial charge < -0.3 is 4.90 Å². The van der Waals surface area contributed by atoms with Crippen LogP contribution < -0.4 is 4.72 Å². The van der Waals surface area contributed by atoms with Gasteiger partial charge in [0.05, 0.1) is 5.71 Å². The lowest BCUT2D eigenvalue weighted by molar-refractivity contribution is 0.169. The molecular weight excluding hydrogens is 420 g/mol. The van der Waals surface area contributed by atoms with E-state index in [1.54, 1.807) is 11.8 Å². The van der Waals surface area contributed by atoms with Crippen LogP contribution in [0.5, 0.6) is 0 Å².